The zero-order valence-corrected chi connectivity index (χ0v) is 13.8. The number of aromatic hydroxyl groups is 1. The number of nitrogens with two attached hydrogens (primary N) is 1. The number of phenolic OH excluding ortho intramolecular Hbond substituents is 1. The first-order valence-electron chi connectivity index (χ1n) is 7.68. The van der Waals surface area contributed by atoms with E-state index in [4.69, 9.17) is 22.1 Å². The van der Waals surface area contributed by atoms with E-state index in [1.165, 1.54) is 6.07 Å². The summed E-state index contributed by atoms with van der Waals surface area (Å²) in [6.07, 6.45) is 0. The first-order chi connectivity index (χ1) is 12.1. The van der Waals surface area contributed by atoms with Gasteiger partial charge in [-0.3, -0.25) is 0 Å². The first kappa shape index (κ1) is 15.4. The third kappa shape index (κ3) is 2.37. The van der Waals surface area contributed by atoms with E-state index >= 15 is 0 Å². The molecule has 0 aromatic heterocycles. The number of nitrogens with zero attached hydrogens (tertiary/aromatic N) is 1. The minimum atomic E-state index is -0.419. The Morgan fingerprint density at radius 3 is 2.64 bits per heavy atom. The van der Waals surface area contributed by atoms with Crippen LogP contribution in [0.15, 0.2) is 66.1 Å². The number of phenols is 1. The number of hydrogen-bond acceptors (Lipinski definition) is 4. The number of fused-ring (bicyclic) bond motifs is 2. The summed E-state index contributed by atoms with van der Waals surface area (Å²) < 4.78 is 5.55. The van der Waals surface area contributed by atoms with Gasteiger partial charge in [0.25, 0.3) is 0 Å². The van der Waals surface area contributed by atoms with E-state index in [9.17, 15) is 10.4 Å². The van der Waals surface area contributed by atoms with Crippen LogP contribution in [0.4, 0.5) is 0 Å². The Balaban J connectivity index is 2.05. The van der Waals surface area contributed by atoms with Crippen LogP contribution in [0.25, 0.3) is 10.8 Å². The van der Waals surface area contributed by atoms with Gasteiger partial charge < -0.3 is 15.6 Å². The number of rotatable bonds is 1. The molecule has 0 spiro atoms. The van der Waals surface area contributed by atoms with Crippen molar-refractivity contribution in [1.82, 2.24) is 0 Å². The average Bonchev–Trinajstić information content (AvgIpc) is 2.62. The van der Waals surface area contributed by atoms with Crippen molar-refractivity contribution in [2.75, 3.05) is 0 Å². The second kappa shape index (κ2) is 5.73. The van der Waals surface area contributed by atoms with E-state index in [-0.39, 0.29) is 16.7 Å². The van der Waals surface area contributed by atoms with Gasteiger partial charge in [0.1, 0.15) is 23.1 Å². The van der Waals surface area contributed by atoms with Crippen molar-refractivity contribution in [3.63, 3.8) is 0 Å². The Morgan fingerprint density at radius 1 is 1.08 bits per heavy atom. The largest absolute Gasteiger partial charge is 0.506 e. The molecule has 4 rings (SSSR count). The molecule has 0 fully saturated rings. The Kier molecular flexibility index (Phi) is 3.52. The van der Waals surface area contributed by atoms with Gasteiger partial charge in [0.2, 0.25) is 5.88 Å². The molecule has 1 aliphatic heterocycles. The van der Waals surface area contributed by atoms with Crippen LogP contribution in [0, 0.1) is 11.3 Å². The smallest absolute Gasteiger partial charge is 0.205 e. The molecule has 1 aliphatic rings. The minimum absolute atomic E-state index is 0.0367. The van der Waals surface area contributed by atoms with Gasteiger partial charge in [-0.1, -0.05) is 54.1 Å². The number of benzene rings is 3. The van der Waals surface area contributed by atoms with Crippen molar-refractivity contribution in [2.45, 2.75) is 5.92 Å². The summed E-state index contributed by atoms with van der Waals surface area (Å²) in [5, 5.41) is 21.8. The van der Waals surface area contributed by atoms with Crippen LogP contribution in [0.5, 0.6) is 11.5 Å². The second-order valence-electron chi connectivity index (χ2n) is 5.83. The van der Waals surface area contributed by atoms with Gasteiger partial charge in [-0.25, -0.2) is 0 Å². The zero-order valence-electron chi connectivity index (χ0n) is 13.0. The molecular formula is C20H13ClN2O2. The van der Waals surface area contributed by atoms with Crippen LogP contribution >= 0.6 is 11.6 Å². The van der Waals surface area contributed by atoms with E-state index < -0.39 is 5.92 Å². The van der Waals surface area contributed by atoms with Crippen LogP contribution in [0.3, 0.4) is 0 Å². The van der Waals surface area contributed by atoms with Gasteiger partial charge in [-0.2, -0.15) is 5.26 Å². The molecule has 0 radical (unpaired) electrons. The van der Waals surface area contributed by atoms with Crippen LogP contribution in [-0.2, 0) is 0 Å². The van der Waals surface area contributed by atoms with Crippen LogP contribution in [-0.4, -0.2) is 5.11 Å². The van der Waals surface area contributed by atoms with Gasteiger partial charge in [-0.05, 0) is 22.4 Å². The van der Waals surface area contributed by atoms with Crippen molar-refractivity contribution in [2.24, 2.45) is 5.73 Å². The average molecular weight is 349 g/mol. The van der Waals surface area contributed by atoms with Crippen molar-refractivity contribution < 1.29 is 9.84 Å². The molecule has 25 heavy (non-hydrogen) atoms. The topological polar surface area (TPSA) is 79.3 Å². The Labute approximate surface area is 149 Å². The molecular weight excluding hydrogens is 336 g/mol. The molecule has 3 N–H and O–H groups in total. The van der Waals surface area contributed by atoms with E-state index in [2.05, 4.69) is 6.07 Å². The Bertz CT molecular complexity index is 1080. The molecule has 122 valence electrons. The predicted molar refractivity (Wildman–Crippen MR) is 96.4 cm³/mol. The molecule has 1 heterocycles. The first-order valence-corrected chi connectivity index (χ1v) is 8.05. The Hall–Kier alpha value is -3.16. The van der Waals surface area contributed by atoms with E-state index in [1.54, 1.807) is 6.07 Å². The third-order valence-corrected chi connectivity index (χ3v) is 4.72. The lowest BCUT2D eigenvalue weighted by Crippen LogP contribution is -2.21. The maximum Gasteiger partial charge on any atom is 0.205 e. The van der Waals surface area contributed by atoms with Crippen LogP contribution in [0.1, 0.15) is 17.0 Å². The highest BCUT2D eigenvalue weighted by atomic mass is 35.5. The van der Waals surface area contributed by atoms with Crippen molar-refractivity contribution in [3.8, 4) is 17.6 Å². The normalized spacial score (nSPS) is 16.2. The molecule has 0 bridgehead atoms. The standard InChI is InChI=1S/C20H13ClN2O2/c21-16-8-14-18(9-17(16)24)25-20(23)15(10-22)19(14)13-7-3-5-11-4-1-2-6-12(11)13/h1-9,19,24H,23H2/t19-/m1/s1. The lowest BCUT2D eigenvalue weighted by Gasteiger charge is -2.27. The molecule has 0 saturated carbocycles. The van der Waals surface area contributed by atoms with Gasteiger partial charge in [-0.15, -0.1) is 0 Å². The van der Waals surface area contributed by atoms with Gasteiger partial charge in [0.05, 0.1) is 10.9 Å². The molecule has 0 unspecified atom stereocenters. The van der Waals surface area contributed by atoms with Gasteiger partial charge in [0, 0.05) is 11.6 Å². The summed E-state index contributed by atoms with van der Waals surface area (Å²) in [6.45, 7) is 0. The van der Waals surface area contributed by atoms with Crippen molar-refractivity contribution >= 4 is 22.4 Å². The molecule has 1 atom stereocenters. The Morgan fingerprint density at radius 2 is 1.84 bits per heavy atom. The van der Waals surface area contributed by atoms with E-state index in [1.807, 2.05) is 42.5 Å². The predicted octanol–water partition coefficient (Wildman–Crippen LogP) is 4.42. The lowest BCUT2D eigenvalue weighted by molar-refractivity contribution is 0.388. The fourth-order valence-electron chi connectivity index (χ4n) is 3.29. The van der Waals surface area contributed by atoms with Gasteiger partial charge in [0.15, 0.2) is 0 Å². The quantitative estimate of drug-likeness (QED) is 0.682. The van der Waals surface area contributed by atoms with Crippen molar-refractivity contribution in [3.05, 3.63) is 82.2 Å². The molecule has 3 aromatic rings. The maximum absolute atomic E-state index is 9.88. The number of halogens is 1. The van der Waals surface area contributed by atoms with Crippen molar-refractivity contribution in [1.29, 1.82) is 5.26 Å². The summed E-state index contributed by atoms with van der Waals surface area (Å²) in [7, 11) is 0. The second-order valence-corrected chi connectivity index (χ2v) is 6.24. The number of ether oxygens (including phenoxy) is 1. The summed E-state index contributed by atoms with van der Waals surface area (Å²) in [5.74, 6) is -0.0748. The maximum atomic E-state index is 9.88. The number of hydrogen-bond donors (Lipinski definition) is 2. The van der Waals surface area contributed by atoms with E-state index in [0.29, 0.717) is 16.9 Å². The van der Waals surface area contributed by atoms with Crippen LogP contribution in [0.2, 0.25) is 5.02 Å². The molecule has 0 aliphatic carbocycles. The molecule has 3 aromatic carbocycles. The number of allylic oxidation sites excluding steroid dienone is 1. The van der Waals surface area contributed by atoms with Crippen LogP contribution < -0.4 is 10.5 Å². The fraction of sp³-hybridized carbons (Fsp3) is 0.0500. The highest BCUT2D eigenvalue weighted by Crippen LogP contribution is 2.46. The molecule has 5 heteroatoms. The highest BCUT2D eigenvalue weighted by Gasteiger charge is 2.32. The molecule has 0 amide bonds. The monoisotopic (exact) mass is 348 g/mol. The summed E-state index contributed by atoms with van der Waals surface area (Å²) in [5.41, 5.74) is 7.94. The molecule has 0 saturated heterocycles. The lowest BCUT2D eigenvalue weighted by atomic mass is 9.81. The third-order valence-electron chi connectivity index (χ3n) is 4.42. The zero-order chi connectivity index (χ0) is 17.6. The minimum Gasteiger partial charge on any atom is -0.506 e. The summed E-state index contributed by atoms with van der Waals surface area (Å²) in [4.78, 5) is 0. The van der Waals surface area contributed by atoms with Gasteiger partial charge >= 0.3 is 0 Å². The van der Waals surface area contributed by atoms with E-state index in [0.717, 1.165) is 16.3 Å². The fourth-order valence-corrected chi connectivity index (χ4v) is 3.46. The summed E-state index contributed by atoms with van der Waals surface area (Å²) >= 11 is 6.11. The summed E-state index contributed by atoms with van der Waals surface area (Å²) in [6, 6.07) is 19.1. The molecule has 4 nitrogen and oxygen atoms in total. The number of nitriles is 1. The highest BCUT2D eigenvalue weighted by molar-refractivity contribution is 6.32. The SMILES string of the molecule is N#CC1=C(N)Oc2cc(O)c(Cl)cc2[C@H]1c1cccc2ccccc12.